The largest absolute Gasteiger partial charge is 0.327 e. The highest BCUT2D eigenvalue weighted by molar-refractivity contribution is 7.99. The molecule has 2 atom stereocenters. The summed E-state index contributed by atoms with van der Waals surface area (Å²) >= 11 is 1.66. The fraction of sp³-hybridized carbons (Fsp3) is 0.900. The molecule has 6 heteroatoms. The summed E-state index contributed by atoms with van der Waals surface area (Å²) in [5.41, 5.74) is 6.30. The van der Waals surface area contributed by atoms with E-state index in [0.717, 1.165) is 11.6 Å². The van der Waals surface area contributed by atoms with Gasteiger partial charge in [-0.25, -0.2) is 4.68 Å². The van der Waals surface area contributed by atoms with Gasteiger partial charge in [0.15, 0.2) is 0 Å². The van der Waals surface area contributed by atoms with Gasteiger partial charge in [0.1, 0.15) is 0 Å². The number of hydrogen-bond donors (Lipinski definition) is 1. The second-order valence-electron chi connectivity index (χ2n) is 5.06. The van der Waals surface area contributed by atoms with Crippen molar-refractivity contribution >= 4 is 11.8 Å². The van der Waals surface area contributed by atoms with Gasteiger partial charge in [-0.3, -0.25) is 0 Å². The van der Waals surface area contributed by atoms with Gasteiger partial charge in [0, 0.05) is 18.3 Å². The predicted molar refractivity (Wildman–Crippen MR) is 66.2 cm³/mol. The fourth-order valence-corrected chi connectivity index (χ4v) is 2.78. The maximum absolute atomic E-state index is 6.17. The van der Waals surface area contributed by atoms with Crippen molar-refractivity contribution in [1.82, 2.24) is 20.2 Å². The molecule has 2 N–H and O–H groups in total. The Balaban J connectivity index is 2.84. The molecule has 0 radical (unpaired) electrons. The maximum Gasteiger partial charge on any atom is 0.209 e. The van der Waals surface area contributed by atoms with E-state index in [1.807, 2.05) is 7.05 Å². The zero-order valence-corrected chi connectivity index (χ0v) is 11.5. The van der Waals surface area contributed by atoms with Crippen molar-refractivity contribution in [3.05, 3.63) is 0 Å². The second kappa shape index (κ2) is 5.14. The SMILES string of the molecule is CCC(N)C(Sc1nnnn1C)C(C)(C)C. The molecule has 0 aromatic carbocycles. The Bertz CT molecular complexity index is 330. The number of aryl methyl sites for hydroxylation is 1. The number of nitrogens with zero attached hydrogens (tertiary/aromatic N) is 4. The topological polar surface area (TPSA) is 69.6 Å². The summed E-state index contributed by atoms with van der Waals surface area (Å²) in [5.74, 6) is 0. The lowest BCUT2D eigenvalue weighted by Gasteiger charge is -2.33. The van der Waals surface area contributed by atoms with Crippen molar-refractivity contribution in [3.8, 4) is 0 Å². The van der Waals surface area contributed by atoms with Gasteiger partial charge in [-0.15, -0.1) is 5.10 Å². The van der Waals surface area contributed by atoms with Crippen LogP contribution in [0, 0.1) is 5.41 Å². The third-order valence-corrected chi connectivity index (χ3v) is 4.39. The molecule has 5 nitrogen and oxygen atoms in total. The standard InChI is InChI=1S/C10H21N5S/c1-6-7(11)8(10(2,3)4)16-9-12-13-14-15(9)5/h7-8H,6,11H2,1-5H3. The van der Waals surface area contributed by atoms with Crippen molar-refractivity contribution in [2.45, 2.75) is 50.6 Å². The van der Waals surface area contributed by atoms with Gasteiger partial charge in [-0.2, -0.15) is 0 Å². The van der Waals surface area contributed by atoms with Gasteiger partial charge >= 0.3 is 0 Å². The molecule has 16 heavy (non-hydrogen) atoms. The van der Waals surface area contributed by atoms with E-state index in [4.69, 9.17) is 5.73 Å². The molecule has 0 amide bonds. The van der Waals surface area contributed by atoms with E-state index in [9.17, 15) is 0 Å². The molecule has 0 aliphatic carbocycles. The summed E-state index contributed by atoms with van der Waals surface area (Å²) in [4.78, 5) is 0. The summed E-state index contributed by atoms with van der Waals surface area (Å²) in [7, 11) is 1.85. The lowest BCUT2D eigenvalue weighted by molar-refractivity contribution is 0.349. The number of rotatable bonds is 4. The Hall–Kier alpha value is -0.620. The molecule has 1 aromatic heterocycles. The molecule has 0 saturated carbocycles. The lowest BCUT2D eigenvalue weighted by Crippen LogP contribution is -2.40. The van der Waals surface area contributed by atoms with Crippen LogP contribution >= 0.6 is 11.8 Å². The first-order valence-corrected chi connectivity index (χ1v) is 6.38. The average molecular weight is 243 g/mol. The molecule has 1 aromatic rings. The first-order valence-electron chi connectivity index (χ1n) is 5.50. The zero-order valence-electron chi connectivity index (χ0n) is 10.6. The number of hydrogen-bond acceptors (Lipinski definition) is 5. The highest BCUT2D eigenvalue weighted by atomic mass is 32.2. The third kappa shape index (κ3) is 3.18. The monoisotopic (exact) mass is 243 g/mol. The van der Waals surface area contributed by atoms with Gasteiger partial charge in [0.2, 0.25) is 5.16 Å². The Labute approximate surface area is 101 Å². The van der Waals surface area contributed by atoms with Crippen LogP contribution in [-0.2, 0) is 7.05 Å². The molecule has 92 valence electrons. The molecule has 0 aliphatic rings. The molecular formula is C10H21N5S. The Morgan fingerprint density at radius 1 is 1.44 bits per heavy atom. The average Bonchev–Trinajstić information content (AvgIpc) is 2.57. The van der Waals surface area contributed by atoms with E-state index in [1.165, 1.54) is 0 Å². The molecule has 1 heterocycles. The van der Waals surface area contributed by atoms with Crippen LogP contribution in [0.4, 0.5) is 0 Å². The van der Waals surface area contributed by atoms with Crippen LogP contribution in [0.5, 0.6) is 0 Å². The van der Waals surface area contributed by atoms with Crippen molar-refractivity contribution in [2.24, 2.45) is 18.2 Å². The number of nitrogens with two attached hydrogens (primary N) is 1. The van der Waals surface area contributed by atoms with E-state index >= 15 is 0 Å². The molecular weight excluding hydrogens is 222 g/mol. The van der Waals surface area contributed by atoms with Crippen LogP contribution in [-0.4, -0.2) is 31.5 Å². The Morgan fingerprint density at radius 2 is 2.06 bits per heavy atom. The third-order valence-electron chi connectivity index (χ3n) is 2.53. The van der Waals surface area contributed by atoms with Crippen molar-refractivity contribution in [3.63, 3.8) is 0 Å². The summed E-state index contributed by atoms with van der Waals surface area (Å²) in [5, 5.41) is 12.6. The van der Waals surface area contributed by atoms with Crippen molar-refractivity contribution < 1.29 is 0 Å². The first-order chi connectivity index (χ1) is 7.36. The van der Waals surface area contributed by atoms with E-state index in [1.54, 1.807) is 16.4 Å². The lowest BCUT2D eigenvalue weighted by atomic mass is 9.87. The minimum absolute atomic E-state index is 0.131. The van der Waals surface area contributed by atoms with Crippen LogP contribution in [0.2, 0.25) is 0 Å². The van der Waals surface area contributed by atoms with Crippen LogP contribution in [0.25, 0.3) is 0 Å². The summed E-state index contributed by atoms with van der Waals surface area (Å²) in [6.07, 6.45) is 0.959. The predicted octanol–water partition coefficient (Wildman–Crippen LogP) is 1.45. The second-order valence-corrected chi connectivity index (χ2v) is 6.17. The molecule has 0 spiro atoms. The smallest absolute Gasteiger partial charge is 0.209 e. The summed E-state index contributed by atoms with van der Waals surface area (Å²) < 4.78 is 1.69. The quantitative estimate of drug-likeness (QED) is 0.811. The van der Waals surface area contributed by atoms with Gasteiger partial charge in [0.25, 0.3) is 0 Å². The number of thioether (sulfide) groups is 1. The fourth-order valence-electron chi connectivity index (χ4n) is 1.56. The number of tetrazole rings is 1. The first kappa shape index (κ1) is 13.4. The van der Waals surface area contributed by atoms with Gasteiger partial charge in [0.05, 0.1) is 0 Å². The van der Waals surface area contributed by atoms with E-state index in [0.29, 0.717) is 5.25 Å². The van der Waals surface area contributed by atoms with Crippen LogP contribution < -0.4 is 5.73 Å². The molecule has 0 bridgehead atoms. The number of aromatic nitrogens is 4. The van der Waals surface area contributed by atoms with E-state index in [2.05, 4.69) is 43.2 Å². The Kier molecular flexibility index (Phi) is 4.32. The summed E-state index contributed by atoms with van der Waals surface area (Å²) in [6, 6.07) is 0.154. The molecule has 2 unspecified atom stereocenters. The van der Waals surface area contributed by atoms with Crippen LogP contribution in [0.15, 0.2) is 5.16 Å². The van der Waals surface area contributed by atoms with Crippen LogP contribution in [0.1, 0.15) is 34.1 Å². The van der Waals surface area contributed by atoms with Gasteiger partial charge in [-0.1, -0.05) is 39.5 Å². The minimum Gasteiger partial charge on any atom is -0.327 e. The van der Waals surface area contributed by atoms with Gasteiger partial charge in [-0.05, 0) is 22.3 Å². The Morgan fingerprint density at radius 3 is 2.44 bits per heavy atom. The maximum atomic E-state index is 6.17. The van der Waals surface area contributed by atoms with Gasteiger partial charge < -0.3 is 5.73 Å². The molecule has 0 saturated heterocycles. The molecule has 0 fully saturated rings. The van der Waals surface area contributed by atoms with E-state index in [-0.39, 0.29) is 11.5 Å². The highest BCUT2D eigenvalue weighted by Gasteiger charge is 2.31. The molecule has 1 rings (SSSR count). The normalized spacial score (nSPS) is 16.1. The zero-order chi connectivity index (χ0) is 12.3. The summed E-state index contributed by atoms with van der Waals surface area (Å²) in [6.45, 7) is 8.71. The highest BCUT2D eigenvalue weighted by Crippen LogP contribution is 2.36. The van der Waals surface area contributed by atoms with Crippen molar-refractivity contribution in [1.29, 1.82) is 0 Å². The van der Waals surface area contributed by atoms with Crippen molar-refractivity contribution in [2.75, 3.05) is 0 Å². The van der Waals surface area contributed by atoms with E-state index < -0.39 is 0 Å². The minimum atomic E-state index is 0.131. The van der Waals surface area contributed by atoms with Crippen LogP contribution in [0.3, 0.4) is 0 Å². The molecule has 0 aliphatic heterocycles.